The van der Waals surface area contributed by atoms with Crippen LogP contribution in [-0.4, -0.2) is 84.4 Å². The molecular weight excluding hydrogens is 460 g/mol. The van der Waals surface area contributed by atoms with E-state index < -0.39 is 5.60 Å². The molecule has 9 nitrogen and oxygen atoms in total. The first-order chi connectivity index (χ1) is 16.9. The lowest BCUT2D eigenvalue weighted by atomic mass is 9.88. The number of fused-ring (bicyclic) bond motifs is 1. The molecule has 4 rings (SSSR count). The van der Waals surface area contributed by atoms with Crippen molar-refractivity contribution in [2.45, 2.75) is 64.6 Å². The Hall–Kier alpha value is -2.91. The molecule has 36 heavy (non-hydrogen) atoms. The Morgan fingerprint density at radius 1 is 1.25 bits per heavy atom. The maximum atomic E-state index is 13.7. The summed E-state index contributed by atoms with van der Waals surface area (Å²) < 4.78 is 16.3. The van der Waals surface area contributed by atoms with Crippen molar-refractivity contribution in [1.82, 2.24) is 14.8 Å². The van der Waals surface area contributed by atoms with E-state index in [4.69, 9.17) is 13.9 Å². The average molecular weight is 499 g/mol. The van der Waals surface area contributed by atoms with Gasteiger partial charge >= 0.3 is 6.09 Å². The van der Waals surface area contributed by atoms with Gasteiger partial charge in [-0.3, -0.25) is 14.7 Å². The minimum Gasteiger partial charge on any atom is -0.472 e. The Kier molecular flexibility index (Phi) is 7.16. The molecule has 0 aromatic carbocycles. The highest BCUT2D eigenvalue weighted by Crippen LogP contribution is 2.41. The molecule has 0 unspecified atom stereocenters. The summed E-state index contributed by atoms with van der Waals surface area (Å²) in [5.74, 6) is 0.0187. The third kappa shape index (κ3) is 5.42. The lowest BCUT2D eigenvalue weighted by molar-refractivity contribution is -0.121. The van der Waals surface area contributed by atoms with Crippen molar-refractivity contribution >= 4 is 17.7 Å². The molecule has 0 aliphatic carbocycles. The van der Waals surface area contributed by atoms with E-state index in [1.54, 1.807) is 24.5 Å². The van der Waals surface area contributed by atoms with Crippen LogP contribution in [0.15, 0.2) is 35.3 Å². The SMILES string of the molecule is COC[C@H]1CN(C(=O)OC(C)(C)C)[C@H](C)CN1CC(=O)N1CC(C)(C)c2cnc(-c3ccoc3)cc21. The number of amides is 2. The number of ether oxygens (including phenoxy) is 2. The van der Waals surface area contributed by atoms with E-state index >= 15 is 0 Å². The lowest BCUT2D eigenvalue weighted by Gasteiger charge is -2.45. The molecule has 2 aliphatic heterocycles. The van der Waals surface area contributed by atoms with Gasteiger partial charge in [0.25, 0.3) is 0 Å². The van der Waals surface area contributed by atoms with Crippen molar-refractivity contribution in [3.05, 3.63) is 36.4 Å². The van der Waals surface area contributed by atoms with Crippen molar-refractivity contribution in [1.29, 1.82) is 0 Å². The normalized spacial score (nSPS) is 22.0. The molecule has 2 aromatic rings. The number of rotatable bonds is 5. The van der Waals surface area contributed by atoms with Crippen molar-refractivity contribution in [3.63, 3.8) is 0 Å². The smallest absolute Gasteiger partial charge is 0.410 e. The number of hydrogen-bond donors (Lipinski definition) is 0. The number of hydrogen-bond acceptors (Lipinski definition) is 7. The number of methoxy groups -OCH3 is 1. The van der Waals surface area contributed by atoms with Crippen molar-refractivity contribution < 1.29 is 23.5 Å². The highest BCUT2D eigenvalue weighted by atomic mass is 16.6. The predicted octanol–water partition coefficient (Wildman–Crippen LogP) is 3.92. The topological polar surface area (TPSA) is 88.4 Å². The van der Waals surface area contributed by atoms with Crippen molar-refractivity contribution in [2.75, 3.05) is 44.8 Å². The van der Waals surface area contributed by atoms with Crippen LogP contribution in [0.2, 0.25) is 0 Å². The van der Waals surface area contributed by atoms with E-state index in [-0.39, 0.29) is 36.0 Å². The van der Waals surface area contributed by atoms with Gasteiger partial charge in [-0.25, -0.2) is 4.79 Å². The predicted molar refractivity (Wildman–Crippen MR) is 137 cm³/mol. The van der Waals surface area contributed by atoms with Gasteiger partial charge in [0, 0.05) is 55.5 Å². The Balaban J connectivity index is 1.53. The van der Waals surface area contributed by atoms with Crippen LogP contribution in [0.1, 0.15) is 47.1 Å². The first-order valence-electron chi connectivity index (χ1n) is 12.5. The van der Waals surface area contributed by atoms with Crippen LogP contribution in [0.3, 0.4) is 0 Å². The van der Waals surface area contributed by atoms with Gasteiger partial charge in [-0.1, -0.05) is 13.8 Å². The summed E-state index contributed by atoms with van der Waals surface area (Å²) in [5.41, 5.74) is 2.82. The quantitative estimate of drug-likeness (QED) is 0.617. The molecule has 196 valence electrons. The molecule has 4 heterocycles. The third-order valence-electron chi connectivity index (χ3n) is 6.85. The summed E-state index contributed by atoms with van der Waals surface area (Å²) in [6.07, 6.45) is 4.81. The van der Waals surface area contributed by atoms with Gasteiger partial charge in [0.2, 0.25) is 5.91 Å². The summed E-state index contributed by atoms with van der Waals surface area (Å²) in [4.78, 5) is 36.9. The van der Waals surface area contributed by atoms with E-state index in [9.17, 15) is 9.59 Å². The van der Waals surface area contributed by atoms with Gasteiger partial charge in [-0.05, 0) is 39.8 Å². The van der Waals surface area contributed by atoms with Gasteiger partial charge in [-0.15, -0.1) is 0 Å². The monoisotopic (exact) mass is 498 g/mol. The van der Waals surface area contributed by atoms with E-state index in [1.807, 2.05) is 50.9 Å². The maximum absolute atomic E-state index is 13.7. The molecule has 1 fully saturated rings. The fourth-order valence-electron chi connectivity index (χ4n) is 5.03. The Bertz CT molecular complexity index is 1090. The number of carbonyl (C=O) groups excluding carboxylic acids is 2. The Morgan fingerprint density at radius 3 is 2.64 bits per heavy atom. The average Bonchev–Trinajstić information content (AvgIpc) is 3.41. The molecule has 0 spiro atoms. The van der Waals surface area contributed by atoms with E-state index in [1.165, 1.54) is 0 Å². The summed E-state index contributed by atoms with van der Waals surface area (Å²) >= 11 is 0. The maximum Gasteiger partial charge on any atom is 0.410 e. The highest BCUT2D eigenvalue weighted by Gasteiger charge is 2.41. The number of piperazine rings is 1. The van der Waals surface area contributed by atoms with E-state index in [0.717, 1.165) is 22.5 Å². The van der Waals surface area contributed by atoms with Crippen LogP contribution in [0.4, 0.5) is 10.5 Å². The van der Waals surface area contributed by atoms with Crippen LogP contribution in [0.5, 0.6) is 0 Å². The van der Waals surface area contributed by atoms with Gasteiger partial charge in [-0.2, -0.15) is 0 Å². The molecule has 2 amide bonds. The summed E-state index contributed by atoms with van der Waals surface area (Å²) in [6, 6.07) is 3.63. The van der Waals surface area contributed by atoms with Gasteiger partial charge < -0.3 is 23.7 Å². The fourth-order valence-corrected chi connectivity index (χ4v) is 5.03. The van der Waals surface area contributed by atoms with Gasteiger partial charge in [0.15, 0.2) is 0 Å². The minimum absolute atomic E-state index is 0.0187. The molecule has 1 saturated heterocycles. The molecule has 2 aliphatic rings. The van der Waals surface area contributed by atoms with Crippen LogP contribution in [0.25, 0.3) is 11.3 Å². The molecule has 0 N–H and O–H groups in total. The fraction of sp³-hybridized carbons (Fsp3) is 0.593. The molecule has 2 atom stereocenters. The second-order valence-electron chi connectivity index (χ2n) is 11.5. The number of aromatic nitrogens is 1. The molecule has 0 radical (unpaired) electrons. The van der Waals surface area contributed by atoms with Crippen molar-refractivity contribution in [2.24, 2.45) is 0 Å². The highest BCUT2D eigenvalue weighted by molar-refractivity contribution is 5.98. The second-order valence-corrected chi connectivity index (χ2v) is 11.5. The first-order valence-corrected chi connectivity index (χ1v) is 12.5. The van der Waals surface area contributed by atoms with Gasteiger partial charge in [0.1, 0.15) is 5.60 Å². The first kappa shape index (κ1) is 26.2. The van der Waals surface area contributed by atoms with Crippen LogP contribution in [0, 0.1) is 0 Å². The zero-order chi connectivity index (χ0) is 26.3. The van der Waals surface area contributed by atoms with Crippen LogP contribution >= 0.6 is 0 Å². The number of anilines is 1. The summed E-state index contributed by atoms with van der Waals surface area (Å²) in [6.45, 7) is 14.1. The minimum atomic E-state index is -0.569. The molecule has 2 aromatic heterocycles. The summed E-state index contributed by atoms with van der Waals surface area (Å²) in [7, 11) is 1.64. The molecular formula is C27H38N4O5. The largest absolute Gasteiger partial charge is 0.472 e. The van der Waals surface area contributed by atoms with Crippen molar-refractivity contribution in [3.8, 4) is 11.3 Å². The second kappa shape index (κ2) is 9.86. The van der Waals surface area contributed by atoms with E-state index in [0.29, 0.717) is 26.2 Å². The van der Waals surface area contributed by atoms with E-state index in [2.05, 4.69) is 23.7 Å². The number of carbonyl (C=O) groups is 2. The van der Waals surface area contributed by atoms with Crippen LogP contribution in [-0.2, 0) is 19.7 Å². The Morgan fingerprint density at radius 2 is 2.00 bits per heavy atom. The summed E-state index contributed by atoms with van der Waals surface area (Å²) in [5, 5.41) is 0. The third-order valence-corrected chi connectivity index (χ3v) is 6.85. The Labute approximate surface area is 213 Å². The zero-order valence-electron chi connectivity index (χ0n) is 22.4. The number of nitrogens with zero attached hydrogens (tertiary/aromatic N) is 4. The molecule has 0 bridgehead atoms. The zero-order valence-corrected chi connectivity index (χ0v) is 22.4. The lowest BCUT2D eigenvalue weighted by Crippen LogP contribution is -2.62. The van der Waals surface area contributed by atoms with Gasteiger partial charge in [0.05, 0.1) is 43.1 Å². The molecule has 0 saturated carbocycles. The van der Waals surface area contributed by atoms with Crippen LogP contribution < -0.4 is 4.90 Å². The number of pyridine rings is 1. The molecule has 9 heteroatoms. The number of furan rings is 1. The standard InChI is InChI=1S/C27H38N4O5/c1-18-12-29(20(16-34-7)13-30(18)25(33)36-26(2,3)4)14-24(32)31-17-27(5,6)21-11-28-22(10-23(21)31)19-8-9-35-15-19/h8-11,15,18,20H,12-14,16-17H2,1-7H3/t18-,20-/m1/s1.